The predicted molar refractivity (Wildman–Crippen MR) is 112 cm³/mol. The minimum atomic E-state index is -0.00939. The predicted octanol–water partition coefficient (Wildman–Crippen LogP) is 2.22. The number of rotatable bonds is 3. The van der Waals surface area contributed by atoms with Crippen LogP contribution in [0.5, 0.6) is 0 Å². The molecule has 2 aliphatic heterocycles. The van der Waals surface area contributed by atoms with Crippen molar-refractivity contribution in [3.8, 4) is 0 Å². The van der Waals surface area contributed by atoms with Crippen LogP contribution in [-0.2, 0) is 7.05 Å². The molecule has 1 atom stereocenters. The number of aryl methyl sites for hydroxylation is 1. The Morgan fingerprint density at radius 3 is 2.52 bits per heavy atom. The molecule has 7 heteroatoms. The number of aromatic nitrogens is 3. The Balaban J connectivity index is 1.23. The molecule has 7 nitrogen and oxygen atoms in total. The maximum Gasteiger partial charge on any atom is 0.326 e. The van der Waals surface area contributed by atoms with Crippen LogP contribution in [0.2, 0.25) is 0 Å². The Bertz CT molecular complexity index is 1090. The van der Waals surface area contributed by atoms with E-state index in [1.54, 1.807) is 0 Å². The van der Waals surface area contributed by atoms with Gasteiger partial charge >= 0.3 is 5.69 Å². The van der Waals surface area contributed by atoms with Gasteiger partial charge in [0, 0.05) is 51.5 Å². The van der Waals surface area contributed by atoms with Crippen molar-refractivity contribution in [3.05, 3.63) is 58.8 Å². The summed E-state index contributed by atoms with van der Waals surface area (Å²) in [4.78, 5) is 32.7. The van der Waals surface area contributed by atoms with E-state index < -0.39 is 0 Å². The van der Waals surface area contributed by atoms with Crippen LogP contribution in [0.25, 0.3) is 11.0 Å². The lowest BCUT2D eigenvalue weighted by atomic mass is 10.0. The first kappa shape index (κ1) is 18.2. The molecule has 3 aromatic rings. The quantitative estimate of drug-likeness (QED) is 0.742. The van der Waals surface area contributed by atoms with Gasteiger partial charge in [-0.25, -0.2) is 4.79 Å². The van der Waals surface area contributed by atoms with E-state index in [4.69, 9.17) is 0 Å². The molecule has 4 heterocycles. The van der Waals surface area contributed by atoms with Crippen LogP contribution < -0.4 is 5.69 Å². The Kier molecular flexibility index (Phi) is 4.54. The minimum Gasteiger partial charge on any atom is -0.347 e. The lowest BCUT2D eigenvalue weighted by molar-refractivity contribution is 0.0756. The van der Waals surface area contributed by atoms with E-state index in [9.17, 15) is 9.59 Å². The van der Waals surface area contributed by atoms with Gasteiger partial charge < -0.3 is 14.5 Å². The van der Waals surface area contributed by atoms with E-state index >= 15 is 0 Å². The Morgan fingerprint density at radius 1 is 1.00 bits per heavy atom. The smallest absolute Gasteiger partial charge is 0.326 e. The molecule has 1 amide bonds. The van der Waals surface area contributed by atoms with Gasteiger partial charge in [0.25, 0.3) is 5.91 Å². The minimum absolute atomic E-state index is 0.00939. The number of piperidine rings is 1. The van der Waals surface area contributed by atoms with E-state index in [1.165, 1.54) is 0 Å². The number of fused-ring (bicyclic) bond motifs is 1. The molecule has 2 fully saturated rings. The number of imidazole rings is 1. The monoisotopic (exact) mass is 393 g/mol. The van der Waals surface area contributed by atoms with Crippen molar-refractivity contribution in [2.75, 3.05) is 26.2 Å². The fourth-order valence-electron chi connectivity index (χ4n) is 5.02. The summed E-state index contributed by atoms with van der Waals surface area (Å²) in [5.41, 5.74) is 2.65. The fourth-order valence-corrected chi connectivity index (χ4v) is 5.02. The number of benzene rings is 1. The number of hydrogen-bond donors (Lipinski definition) is 1. The zero-order valence-electron chi connectivity index (χ0n) is 16.8. The molecule has 2 aliphatic rings. The van der Waals surface area contributed by atoms with Crippen molar-refractivity contribution in [2.24, 2.45) is 7.05 Å². The molecule has 0 bridgehead atoms. The second kappa shape index (κ2) is 7.22. The van der Waals surface area contributed by atoms with E-state index in [2.05, 4.69) is 9.88 Å². The van der Waals surface area contributed by atoms with Gasteiger partial charge in [0.05, 0.1) is 11.0 Å². The number of carbonyl (C=O) groups excluding carboxylic acids is 1. The molecule has 1 aromatic carbocycles. The van der Waals surface area contributed by atoms with Crippen LogP contribution in [0, 0.1) is 0 Å². The molecule has 5 rings (SSSR count). The molecular weight excluding hydrogens is 366 g/mol. The van der Waals surface area contributed by atoms with Crippen molar-refractivity contribution < 1.29 is 4.79 Å². The van der Waals surface area contributed by atoms with Crippen molar-refractivity contribution in [3.63, 3.8) is 0 Å². The lowest BCUT2D eigenvalue weighted by Crippen LogP contribution is -2.44. The summed E-state index contributed by atoms with van der Waals surface area (Å²) in [5, 5.41) is 0. The van der Waals surface area contributed by atoms with E-state index in [0.29, 0.717) is 6.04 Å². The number of likely N-dealkylation sites (tertiary alicyclic amines) is 2. The number of hydrogen-bond acceptors (Lipinski definition) is 3. The van der Waals surface area contributed by atoms with Crippen LogP contribution in [0.3, 0.4) is 0 Å². The molecular formula is C22H27N5O2. The molecule has 2 aromatic heterocycles. The van der Waals surface area contributed by atoms with Crippen molar-refractivity contribution in [1.82, 2.24) is 23.9 Å². The Labute approximate surface area is 169 Å². The third-order valence-electron chi connectivity index (χ3n) is 6.62. The number of amides is 1. The molecule has 0 aliphatic carbocycles. The summed E-state index contributed by atoms with van der Waals surface area (Å²) < 4.78 is 3.83. The highest BCUT2D eigenvalue weighted by Crippen LogP contribution is 2.28. The number of H-pyrrole nitrogens is 1. The van der Waals surface area contributed by atoms with E-state index in [-0.39, 0.29) is 17.6 Å². The molecule has 0 spiro atoms. The van der Waals surface area contributed by atoms with Gasteiger partial charge in [0.2, 0.25) is 0 Å². The summed E-state index contributed by atoms with van der Waals surface area (Å²) in [5.74, 6) is 0.125. The summed E-state index contributed by atoms with van der Waals surface area (Å²) >= 11 is 0. The van der Waals surface area contributed by atoms with E-state index in [1.807, 2.05) is 63.7 Å². The highest BCUT2D eigenvalue weighted by molar-refractivity contribution is 5.93. The summed E-state index contributed by atoms with van der Waals surface area (Å²) in [6.45, 7) is 3.54. The van der Waals surface area contributed by atoms with Crippen molar-refractivity contribution in [2.45, 2.75) is 31.3 Å². The van der Waals surface area contributed by atoms with Gasteiger partial charge in [-0.1, -0.05) is 12.1 Å². The van der Waals surface area contributed by atoms with Gasteiger partial charge in [-0.05, 0) is 43.5 Å². The van der Waals surface area contributed by atoms with Gasteiger partial charge in [-0.15, -0.1) is 0 Å². The summed E-state index contributed by atoms with van der Waals surface area (Å²) in [6.07, 6.45) is 4.86. The van der Waals surface area contributed by atoms with Gasteiger partial charge in [0.1, 0.15) is 5.69 Å². The number of aromatic amines is 1. The highest BCUT2D eigenvalue weighted by Gasteiger charge is 2.34. The first-order valence-corrected chi connectivity index (χ1v) is 10.5. The molecule has 0 saturated carbocycles. The van der Waals surface area contributed by atoms with Gasteiger partial charge in [-0.2, -0.15) is 0 Å². The molecule has 1 N–H and O–H groups in total. The summed E-state index contributed by atoms with van der Waals surface area (Å²) in [6, 6.07) is 12.4. The number of nitrogens with one attached hydrogen (secondary N) is 1. The van der Waals surface area contributed by atoms with Crippen LogP contribution in [0.1, 0.15) is 35.8 Å². The topological polar surface area (TPSA) is 66.3 Å². The normalized spacial score (nSPS) is 21.3. The standard InChI is InChI=1S/C22H27N5O2/c1-24-11-4-7-20(24)21(28)26-14-10-17(15-26)25-12-8-16(9-13-25)27-19-6-3-2-5-18(19)23-22(27)29/h2-7,11,16-17H,8-10,12-15H2,1H3,(H,23,29)/t17-/m0/s1. The SMILES string of the molecule is Cn1cccc1C(=O)N1CC[C@H](N2CCC(n3c(=O)[nH]c4ccccc43)CC2)C1. The molecule has 0 unspecified atom stereocenters. The van der Waals surface area contributed by atoms with Crippen LogP contribution >= 0.6 is 0 Å². The second-order valence-corrected chi connectivity index (χ2v) is 8.28. The molecule has 29 heavy (non-hydrogen) atoms. The highest BCUT2D eigenvalue weighted by atomic mass is 16.2. The average Bonchev–Trinajstić information content (AvgIpc) is 3.45. The molecule has 2 saturated heterocycles. The molecule has 152 valence electrons. The second-order valence-electron chi connectivity index (χ2n) is 8.28. The van der Waals surface area contributed by atoms with Gasteiger partial charge in [0.15, 0.2) is 0 Å². The third-order valence-corrected chi connectivity index (χ3v) is 6.62. The number of carbonyl (C=O) groups is 1. The van der Waals surface area contributed by atoms with Crippen molar-refractivity contribution in [1.29, 1.82) is 0 Å². The number of para-hydroxylation sites is 2. The summed E-state index contributed by atoms with van der Waals surface area (Å²) in [7, 11) is 1.91. The largest absolute Gasteiger partial charge is 0.347 e. The Hall–Kier alpha value is -2.80. The Morgan fingerprint density at radius 2 is 1.76 bits per heavy atom. The van der Waals surface area contributed by atoms with Crippen LogP contribution in [0.4, 0.5) is 0 Å². The average molecular weight is 393 g/mol. The zero-order chi connectivity index (χ0) is 20.0. The van der Waals surface area contributed by atoms with E-state index in [0.717, 1.165) is 62.2 Å². The maximum absolute atomic E-state index is 12.8. The third kappa shape index (κ3) is 3.19. The molecule has 0 radical (unpaired) electrons. The van der Waals surface area contributed by atoms with Gasteiger partial charge in [-0.3, -0.25) is 14.3 Å². The first-order valence-electron chi connectivity index (χ1n) is 10.5. The van der Waals surface area contributed by atoms with Crippen molar-refractivity contribution >= 4 is 16.9 Å². The van der Waals surface area contributed by atoms with Crippen LogP contribution in [-0.4, -0.2) is 62.0 Å². The maximum atomic E-state index is 12.8. The number of nitrogens with zero attached hydrogens (tertiary/aromatic N) is 4. The zero-order valence-corrected chi connectivity index (χ0v) is 16.8. The van der Waals surface area contributed by atoms with Crippen LogP contribution in [0.15, 0.2) is 47.4 Å². The lowest BCUT2D eigenvalue weighted by Gasteiger charge is -2.36. The fraction of sp³-hybridized carbons (Fsp3) is 0.455. The first-order chi connectivity index (χ1) is 14.1.